The molecule has 4 N–H and O–H groups in total. The van der Waals surface area contributed by atoms with Crippen molar-refractivity contribution in [2.24, 2.45) is 5.73 Å². The van der Waals surface area contributed by atoms with Gasteiger partial charge in [0, 0.05) is 41.2 Å². The third-order valence-electron chi connectivity index (χ3n) is 5.58. The Morgan fingerprint density at radius 1 is 1.10 bits per heavy atom. The second-order valence-corrected chi connectivity index (χ2v) is 7.61. The number of benzene rings is 2. The van der Waals surface area contributed by atoms with Gasteiger partial charge in [-0.25, -0.2) is 9.97 Å². The van der Waals surface area contributed by atoms with E-state index in [1.54, 1.807) is 12.3 Å². The standard InChI is InChI=1S/C24H23N5O2/c25-22(30)17-9-4-8-16-19(17)13-26-21(16)24-28-20-14-31-11-5-10-18(20)23(29-24)27-12-15-6-2-1-3-7-15/h1-4,6-9,13,26H,5,10-12,14H2,(H2,25,30)(H,27,28,29). The van der Waals surface area contributed by atoms with Crippen LogP contribution in [0.25, 0.3) is 22.3 Å². The number of aromatic amines is 1. The molecule has 156 valence electrons. The summed E-state index contributed by atoms with van der Waals surface area (Å²) in [7, 11) is 0. The average Bonchev–Trinajstić information content (AvgIpc) is 3.08. The summed E-state index contributed by atoms with van der Waals surface area (Å²) in [5, 5.41) is 5.13. The first-order chi connectivity index (χ1) is 15.2. The average molecular weight is 413 g/mol. The quantitative estimate of drug-likeness (QED) is 0.461. The largest absolute Gasteiger partial charge is 0.375 e. The maximum absolute atomic E-state index is 11.8. The lowest BCUT2D eigenvalue weighted by molar-refractivity contribution is 0.100. The lowest BCUT2D eigenvalue weighted by Gasteiger charge is -2.14. The zero-order chi connectivity index (χ0) is 21.2. The normalized spacial score (nSPS) is 13.5. The molecule has 0 saturated heterocycles. The Bertz CT molecular complexity index is 1250. The number of H-pyrrole nitrogens is 1. The van der Waals surface area contributed by atoms with Gasteiger partial charge in [0.15, 0.2) is 5.82 Å². The summed E-state index contributed by atoms with van der Waals surface area (Å²) < 4.78 is 5.76. The van der Waals surface area contributed by atoms with Gasteiger partial charge < -0.3 is 20.8 Å². The van der Waals surface area contributed by atoms with Gasteiger partial charge >= 0.3 is 0 Å². The van der Waals surface area contributed by atoms with Crippen LogP contribution in [0.1, 0.15) is 33.6 Å². The van der Waals surface area contributed by atoms with E-state index in [2.05, 4.69) is 22.4 Å². The number of carbonyl (C=O) groups excluding carboxylic acids is 1. The van der Waals surface area contributed by atoms with Gasteiger partial charge in [-0.15, -0.1) is 0 Å². The third-order valence-corrected chi connectivity index (χ3v) is 5.58. The third kappa shape index (κ3) is 3.75. The van der Waals surface area contributed by atoms with Crippen molar-refractivity contribution < 1.29 is 9.53 Å². The molecule has 3 heterocycles. The molecule has 0 radical (unpaired) electrons. The van der Waals surface area contributed by atoms with Gasteiger partial charge in [0.1, 0.15) is 5.82 Å². The Kier molecular flexibility index (Phi) is 5.09. The van der Waals surface area contributed by atoms with Crippen molar-refractivity contribution >= 4 is 22.5 Å². The maximum atomic E-state index is 11.8. The van der Waals surface area contributed by atoms with E-state index in [0.717, 1.165) is 46.4 Å². The van der Waals surface area contributed by atoms with Gasteiger partial charge in [-0.05, 0) is 24.5 Å². The molecule has 0 fully saturated rings. The fourth-order valence-electron chi connectivity index (χ4n) is 4.03. The number of hydrogen-bond acceptors (Lipinski definition) is 5. The topological polar surface area (TPSA) is 106 Å². The minimum Gasteiger partial charge on any atom is -0.375 e. The van der Waals surface area contributed by atoms with E-state index in [-0.39, 0.29) is 0 Å². The fourth-order valence-corrected chi connectivity index (χ4v) is 4.03. The van der Waals surface area contributed by atoms with E-state index in [0.29, 0.717) is 31.1 Å². The van der Waals surface area contributed by atoms with Crippen molar-refractivity contribution in [3.8, 4) is 11.5 Å². The number of hydrogen-bond donors (Lipinski definition) is 3. The molecule has 0 spiro atoms. The Hall–Kier alpha value is -3.71. The highest BCUT2D eigenvalue weighted by Crippen LogP contribution is 2.31. The first kappa shape index (κ1) is 19.3. The predicted octanol–water partition coefficient (Wildman–Crippen LogP) is 3.80. The predicted molar refractivity (Wildman–Crippen MR) is 120 cm³/mol. The number of amides is 1. The second-order valence-electron chi connectivity index (χ2n) is 7.61. The molecule has 7 heteroatoms. The number of nitrogens with one attached hydrogen (secondary N) is 2. The Balaban J connectivity index is 1.59. The van der Waals surface area contributed by atoms with Crippen LogP contribution in [-0.4, -0.2) is 27.5 Å². The van der Waals surface area contributed by atoms with E-state index < -0.39 is 5.91 Å². The molecule has 0 bridgehead atoms. The molecule has 0 saturated carbocycles. The molecule has 2 aromatic heterocycles. The minimum absolute atomic E-state index is 0.454. The van der Waals surface area contributed by atoms with Gasteiger partial charge in [0.25, 0.3) is 0 Å². The van der Waals surface area contributed by atoms with E-state index in [9.17, 15) is 4.79 Å². The van der Waals surface area contributed by atoms with Crippen LogP contribution in [0.2, 0.25) is 0 Å². The molecule has 1 aliphatic heterocycles. The van der Waals surface area contributed by atoms with E-state index in [1.165, 1.54) is 5.56 Å². The molecule has 5 rings (SSSR count). The van der Waals surface area contributed by atoms with Crippen molar-refractivity contribution in [3.63, 3.8) is 0 Å². The molecule has 0 atom stereocenters. The molecule has 0 unspecified atom stereocenters. The highest BCUT2D eigenvalue weighted by atomic mass is 16.5. The Morgan fingerprint density at radius 2 is 1.97 bits per heavy atom. The summed E-state index contributed by atoms with van der Waals surface area (Å²) >= 11 is 0. The Labute approximate surface area is 179 Å². The van der Waals surface area contributed by atoms with E-state index in [1.807, 2.05) is 30.3 Å². The van der Waals surface area contributed by atoms with Crippen LogP contribution in [0.5, 0.6) is 0 Å². The number of ether oxygens (including phenoxy) is 1. The van der Waals surface area contributed by atoms with Crippen molar-refractivity contribution in [1.82, 2.24) is 15.0 Å². The van der Waals surface area contributed by atoms with Crippen molar-refractivity contribution in [3.05, 3.63) is 77.1 Å². The fraction of sp³-hybridized carbons (Fsp3) is 0.208. The van der Waals surface area contributed by atoms with Crippen LogP contribution < -0.4 is 11.1 Å². The zero-order valence-electron chi connectivity index (χ0n) is 17.0. The molecular formula is C24H23N5O2. The monoisotopic (exact) mass is 413 g/mol. The van der Waals surface area contributed by atoms with Gasteiger partial charge in [-0.3, -0.25) is 4.79 Å². The maximum Gasteiger partial charge on any atom is 0.249 e. The van der Waals surface area contributed by atoms with Crippen LogP contribution in [0.4, 0.5) is 5.82 Å². The van der Waals surface area contributed by atoms with Crippen LogP contribution in [0, 0.1) is 0 Å². The highest BCUT2D eigenvalue weighted by Gasteiger charge is 2.20. The number of nitrogens with zero attached hydrogens (tertiary/aromatic N) is 2. The van der Waals surface area contributed by atoms with Crippen LogP contribution in [0.3, 0.4) is 0 Å². The summed E-state index contributed by atoms with van der Waals surface area (Å²) in [5.74, 6) is 0.928. The first-order valence-corrected chi connectivity index (χ1v) is 10.4. The molecule has 4 aromatic rings. The summed E-state index contributed by atoms with van der Waals surface area (Å²) in [4.78, 5) is 24.8. The number of aromatic nitrogens is 3. The number of anilines is 1. The summed E-state index contributed by atoms with van der Waals surface area (Å²) in [5.41, 5.74) is 9.95. The number of nitrogens with two attached hydrogens (primary N) is 1. The highest BCUT2D eigenvalue weighted by molar-refractivity contribution is 6.09. The summed E-state index contributed by atoms with van der Waals surface area (Å²) in [6.07, 6.45) is 3.58. The SMILES string of the molecule is NC(=O)c1cccc2c(-c3nc4c(c(NCc5ccccc5)n3)CCCOC4)[nH]cc12. The van der Waals surface area contributed by atoms with Crippen LogP contribution >= 0.6 is 0 Å². The van der Waals surface area contributed by atoms with Crippen molar-refractivity contribution in [2.45, 2.75) is 26.0 Å². The molecule has 7 nitrogen and oxygen atoms in total. The smallest absolute Gasteiger partial charge is 0.249 e. The van der Waals surface area contributed by atoms with Gasteiger partial charge in [0.2, 0.25) is 5.91 Å². The first-order valence-electron chi connectivity index (χ1n) is 10.4. The van der Waals surface area contributed by atoms with E-state index >= 15 is 0 Å². The Morgan fingerprint density at radius 3 is 2.81 bits per heavy atom. The van der Waals surface area contributed by atoms with Crippen molar-refractivity contribution in [2.75, 3.05) is 11.9 Å². The van der Waals surface area contributed by atoms with E-state index in [4.69, 9.17) is 20.4 Å². The zero-order valence-corrected chi connectivity index (χ0v) is 17.0. The molecular weight excluding hydrogens is 390 g/mol. The molecule has 31 heavy (non-hydrogen) atoms. The lowest BCUT2D eigenvalue weighted by Crippen LogP contribution is -2.11. The number of primary amides is 1. The number of carbonyl (C=O) groups is 1. The molecule has 2 aromatic carbocycles. The number of fused-ring (bicyclic) bond motifs is 2. The summed E-state index contributed by atoms with van der Waals surface area (Å²) in [6, 6.07) is 15.7. The van der Waals surface area contributed by atoms with Gasteiger partial charge in [-0.1, -0.05) is 42.5 Å². The number of rotatable bonds is 5. The van der Waals surface area contributed by atoms with Gasteiger partial charge in [0.05, 0.1) is 18.0 Å². The molecule has 1 aliphatic rings. The van der Waals surface area contributed by atoms with Crippen molar-refractivity contribution in [1.29, 1.82) is 0 Å². The minimum atomic E-state index is -0.461. The summed E-state index contributed by atoms with van der Waals surface area (Å²) in [6.45, 7) is 1.83. The van der Waals surface area contributed by atoms with Gasteiger partial charge in [-0.2, -0.15) is 0 Å². The van der Waals surface area contributed by atoms with Crippen LogP contribution in [-0.2, 0) is 24.3 Å². The second kappa shape index (κ2) is 8.20. The lowest BCUT2D eigenvalue weighted by atomic mass is 10.1. The molecule has 1 amide bonds. The van der Waals surface area contributed by atoms with Crippen LogP contribution in [0.15, 0.2) is 54.7 Å². The molecule has 0 aliphatic carbocycles.